The van der Waals surface area contributed by atoms with Crippen LogP contribution in [0.5, 0.6) is 0 Å². The Morgan fingerprint density at radius 2 is 2.16 bits per heavy atom. The average molecular weight is 264 g/mol. The highest BCUT2D eigenvalue weighted by Crippen LogP contribution is 2.25. The summed E-state index contributed by atoms with van der Waals surface area (Å²) in [5.41, 5.74) is 1.71. The summed E-state index contributed by atoms with van der Waals surface area (Å²) in [5.74, 6) is 0.00589. The highest BCUT2D eigenvalue weighted by Gasteiger charge is 2.18. The molecule has 1 aliphatic rings. The Bertz CT molecular complexity index is 417. The molecule has 104 valence electrons. The fourth-order valence-corrected chi connectivity index (χ4v) is 1.92. The van der Waals surface area contributed by atoms with Crippen LogP contribution in [0.15, 0.2) is 24.3 Å². The van der Waals surface area contributed by atoms with Crippen molar-refractivity contribution in [2.24, 2.45) is 0 Å². The number of hydrogen-bond acceptors (Lipinski definition) is 4. The summed E-state index contributed by atoms with van der Waals surface area (Å²) in [4.78, 5) is 11.7. The minimum absolute atomic E-state index is 0.00589. The van der Waals surface area contributed by atoms with Gasteiger partial charge in [0.25, 0.3) is 0 Å². The summed E-state index contributed by atoms with van der Waals surface area (Å²) in [6.07, 6.45) is 0.160. The SMILES string of the molecule is CCNCCC(=O)Nc1cccc(C2OCCO2)c1. The summed E-state index contributed by atoms with van der Waals surface area (Å²) in [7, 11) is 0. The van der Waals surface area contributed by atoms with Crippen LogP contribution in [0.3, 0.4) is 0 Å². The van der Waals surface area contributed by atoms with Gasteiger partial charge in [0.05, 0.1) is 13.2 Å². The van der Waals surface area contributed by atoms with Crippen molar-refractivity contribution in [3.63, 3.8) is 0 Å². The number of anilines is 1. The van der Waals surface area contributed by atoms with E-state index in [9.17, 15) is 4.79 Å². The largest absolute Gasteiger partial charge is 0.346 e. The molecule has 0 unspecified atom stereocenters. The van der Waals surface area contributed by atoms with Crippen LogP contribution in [0, 0.1) is 0 Å². The Morgan fingerprint density at radius 1 is 1.37 bits per heavy atom. The smallest absolute Gasteiger partial charge is 0.225 e. The van der Waals surface area contributed by atoms with Crippen LogP contribution in [0.1, 0.15) is 25.2 Å². The average Bonchev–Trinajstić information content (AvgIpc) is 2.93. The second-order valence-electron chi connectivity index (χ2n) is 4.35. The van der Waals surface area contributed by atoms with Gasteiger partial charge in [0.1, 0.15) is 0 Å². The van der Waals surface area contributed by atoms with Crippen LogP contribution in [0.4, 0.5) is 5.69 Å². The third kappa shape index (κ3) is 4.31. The van der Waals surface area contributed by atoms with Gasteiger partial charge in [-0.2, -0.15) is 0 Å². The topological polar surface area (TPSA) is 59.6 Å². The molecule has 1 fully saturated rings. The molecule has 2 rings (SSSR count). The van der Waals surface area contributed by atoms with Crippen LogP contribution in [-0.4, -0.2) is 32.2 Å². The first-order valence-electron chi connectivity index (χ1n) is 6.63. The Labute approximate surface area is 113 Å². The number of rotatable bonds is 6. The molecular formula is C14H20N2O3. The second kappa shape index (κ2) is 7.23. The van der Waals surface area contributed by atoms with E-state index in [2.05, 4.69) is 10.6 Å². The van der Waals surface area contributed by atoms with Gasteiger partial charge >= 0.3 is 0 Å². The van der Waals surface area contributed by atoms with E-state index in [0.717, 1.165) is 17.8 Å². The molecule has 0 saturated carbocycles. The zero-order valence-corrected chi connectivity index (χ0v) is 11.1. The van der Waals surface area contributed by atoms with Gasteiger partial charge in [-0.05, 0) is 18.7 Å². The van der Waals surface area contributed by atoms with Crippen molar-refractivity contribution in [2.45, 2.75) is 19.6 Å². The summed E-state index contributed by atoms with van der Waals surface area (Å²) in [6.45, 7) is 4.81. The van der Waals surface area contributed by atoms with Crippen LogP contribution in [0.2, 0.25) is 0 Å². The van der Waals surface area contributed by atoms with Crippen molar-refractivity contribution >= 4 is 11.6 Å². The lowest BCUT2D eigenvalue weighted by Crippen LogP contribution is -2.21. The predicted octanol–water partition coefficient (Wildman–Crippen LogP) is 1.67. The van der Waals surface area contributed by atoms with Crippen molar-refractivity contribution < 1.29 is 14.3 Å². The van der Waals surface area contributed by atoms with Crippen molar-refractivity contribution in [1.82, 2.24) is 5.32 Å². The molecule has 19 heavy (non-hydrogen) atoms. The lowest BCUT2D eigenvalue weighted by molar-refractivity contribution is -0.116. The fourth-order valence-electron chi connectivity index (χ4n) is 1.92. The van der Waals surface area contributed by atoms with Gasteiger partial charge < -0.3 is 20.1 Å². The third-order valence-corrected chi connectivity index (χ3v) is 2.84. The molecule has 0 aliphatic carbocycles. The van der Waals surface area contributed by atoms with Crippen molar-refractivity contribution in [3.05, 3.63) is 29.8 Å². The van der Waals surface area contributed by atoms with Crippen molar-refractivity contribution in [2.75, 3.05) is 31.6 Å². The Morgan fingerprint density at radius 3 is 2.89 bits per heavy atom. The first-order chi connectivity index (χ1) is 9.29. The zero-order valence-electron chi connectivity index (χ0n) is 11.1. The molecule has 5 nitrogen and oxygen atoms in total. The molecule has 1 aromatic carbocycles. The molecular weight excluding hydrogens is 244 g/mol. The maximum atomic E-state index is 11.7. The Balaban J connectivity index is 1.89. The lowest BCUT2D eigenvalue weighted by atomic mass is 10.2. The molecule has 1 aliphatic heterocycles. The Hall–Kier alpha value is -1.43. The molecule has 0 bridgehead atoms. The van der Waals surface area contributed by atoms with E-state index in [1.807, 2.05) is 31.2 Å². The second-order valence-corrected chi connectivity index (χ2v) is 4.35. The molecule has 1 saturated heterocycles. The first-order valence-corrected chi connectivity index (χ1v) is 6.63. The van der Waals surface area contributed by atoms with Crippen molar-refractivity contribution in [1.29, 1.82) is 0 Å². The summed E-state index contributed by atoms with van der Waals surface area (Å²) < 4.78 is 10.9. The van der Waals surface area contributed by atoms with E-state index < -0.39 is 0 Å². The minimum atomic E-state index is -0.307. The number of hydrogen-bond donors (Lipinski definition) is 2. The van der Waals surface area contributed by atoms with Gasteiger partial charge in [0.15, 0.2) is 6.29 Å². The van der Waals surface area contributed by atoms with Crippen molar-refractivity contribution in [3.8, 4) is 0 Å². The van der Waals surface area contributed by atoms with Crippen LogP contribution < -0.4 is 10.6 Å². The maximum absolute atomic E-state index is 11.7. The standard InChI is InChI=1S/C14H20N2O3/c1-2-15-7-6-13(17)16-12-5-3-4-11(10-12)14-18-8-9-19-14/h3-5,10,14-15H,2,6-9H2,1H3,(H,16,17). The van der Waals surface area contributed by atoms with Crippen LogP contribution in [-0.2, 0) is 14.3 Å². The molecule has 0 spiro atoms. The zero-order chi connectivity index (χ0) is 13.5. The van der Waals surface area contributed by atoms with Gasteiger partial charge in [0.2, 0.25) is 5.91 Å². The summed E-state index contributed by atoms with van der Waals surface area (Å²) in [5, 5.41) is 5.99. The van der Waals surface area contributed by atoms with Crippen LogP contribution >= 0.6 is 0 Å². The highest BCUT2D eigenvalue weighted by atomic mass is 16.7. The number of nitrogens with one attached hydrogen (secondary N) is 2. The normalized spacial score (nSPS) is 15.6. The van der Waals surface area contributed by atoms with E-state index in [4.69, 9.17) is 9.47 Å². The van der Waals surface area contributed by atoms with E-state index in [1.165, 1.54) is 0 Å². The van der Waals surface area contributed by atoms with Gasteiger partial charge in [-0.25, -0.2) is 0 Å². The van der Waals surface area contributed by atoms with Gasteiger partial charge in [-0.3, -0.25) is 4.79 Å². The van der Waals surface area contributed by atoms with E-state index >= 15 is 0 Å². The summed E-state index contributed by atoms with van der Waals surface area (Å²) in [6, 6.07) is 7.58. The van der Waals surface area contributed by atoms with Gasteiger partial charge in [0, 0.05) is 24.2 Å². The van der Waals surface area contributed by atoms with Crippen LogP contribution in [0.25, 0.3) is 0 Å². The maximum Gasteiger partial charge on any atom is 0.225 e. The van der Waals surface area contributed by atoms with E-state index in [-0.39, 0.29) is 12.2 Å². The fraction of sp³-hybridized carbons (Fsp3) is 0.500. The first kappa shape index (κ1) is 14.0. The Kier molecular flexibility index (Phi) is 5.32. The molecule has 5 heteroatoms. The number of amides is 1. The van der Waals surface area contributed by atoms with E-state index in [1.54, 1.807) is 0 Å². The number of carbonyl (C=O) groups excluding carboxylic acids is 1. The molecule has 0 atom stereocenters. The number of carbonyl (C=O) groups is 1. The molecule has 0 aromatic heterocycles. The molecule has 1 amide bonds. The minimum Gasteiger partial charge on any atom is -0.346 e. The third-order valence-electron chi connectivity index (χ3n) is 2.84. The monoisotopic (exact) mass is 264 g/mol. The van der Waals surface area contributed by atoms with Gasteiger partial charge in [-0.1, -0.05) is 19.1 Å². The summed E-state index contributed by atoms with van der Waals surface area (Å²) >= 11 is 0. The quantitative estimate of drug-likeness (QED) is 0.767. The molecule has 1 heterocycles. The molecule has 1 aromatic rings. The predicted molar refractivity (Wildman–Crippen MR) is 72.9 cm³/mol. The van der Waals surface area contributed by atoms with E-state index in [0.29, 0.717) is 26.2 Å². The number of ether oxygens (including phenoxy) is 2. The molecule has 2 N–H and O–H groups in total. The molecule has 0 radical (unpaired) electrons. The number of benzene rings is 1. The highest BCUT2D eigenvalue weighted by molar-refractivity contribution is 5.90. The lowest BCUT2D eigenvalue weighted by Gasteiger charge is -2.11. The van der Waals surface area contributed by atoms with Gasteiger partial charge in [-0.15, -0.1) is 0 Å².